The minimum Gasteiger partial charge on any atom is -0.508 e. The van der Waals surface area contributed by atoms with Gasteiger partial charge in [0.25, 0.3) is 0 Å². The molecule has 5 N–H and O–H groups in total. The fraction of sp³-hybridized carbons (Fsp3) is 0.185. The predicted molar refractivity (Wildman–Crippen MR) is 132 cm³/mol. The van der Waals surface area contributed by atoms with Crippen LogP contribution in [0.5, 0.6) is 28.7 Å². The second-order valence-corrected chi connectivity index (χ2v) is 8.88. The van der Waals surface area contributed by atoms with Crippen LogP contribution in [0.15, 0.2) is 17.3 Å². The molecule has 0 saturated heterocycles. The molecular formula is C27H21NO10. The smallest absolute Gasteiger partial charge is 0.340 e. The van der Waals surface area contributed by atoms with Crippen molar-refractivity contribution in [1.29, 1.82) is 0 Å². The third-order valence-electron chi connectivity index (χ3n) is 7.00. The number of carbonyl (C=O) groups is 3. The Hall–Kier alpha value is -5.06. The lowest BCUT2D eigenvalue weighted by Crippen LogP contribution is -2.24. The maximum Gasteiger partial charge on any atom is 0.340 e. The van der Waals surface area contributed by atoms with Crippen LogP contribution in [-0.4, -0.2) is 63.5 Å². The molecule has 194 valence electrons. The van der Waals surface area contributed by atoms with E-state index in [1.807, 2.05) is 0 Å². The molecule has 3 aromatic carbocycles. The molecule has 11 heteroatoms. The number of phenolic OH excluding ortho intramolecular Hbond substituents is 3. The number of fused-ring (bicyclic) bond motifs is 5. The van der Waals surface area contributed by atoms with E-state index in [0.29, 0.717) is 5.56 Å². The predicted octanol–water partition coefficient (Wildman–Crippen LogP) is 3.05. The average Bonchev–Trinajstić information content (AvgIpc) is 2.88. The minimum atomic E-state index is -1.47. The lowest BCUT2D eigenvalue weighted by atomic mass is 9.74. The zero-order valence-corrected chi connectivity index (χ0v) is 20.4. The molecule has 2 aliphatic carbocycles. The number of hydrogen-bond donors (Lipinski definition) is 5. The number of aromatic carboxylic acids is 1. The van der Waals surface area contributed by atoms with Gasteiger partial charge in [-0.2, -0.15) is 0 Å². The van der Waals surface area contributed by atoms with Crippen LogP contribution in [0.4, 0.5) is 0 Å². The lowest BCUT2D eigenvalue weighted by Gasteiger charge is -2.30. The number of aromatic hydroxyl groups is 4. The van der Waals surface area contributed by atoms with E-state index >= 15 is 0 Å². The monoisotopic (exact) mass is 519 g/mol. The molecule has 0 unspecified atom stereocenters. The molecule has 0 bridgehead atoms. The van der Waals surface area contributed by atoms with Crippen molar-refractivity contribution in [2.75, 3.05) is 14.2 Å². The highest BCUT2D eigenvalue weighted by Crippen LogP contribution is 2.54. The SMILES string of the molecule is CO/N=C/c1cc2c(c(O)c1C(=O)O)-c1c(O)c3c(c(OC)c1CC2)C(=O)c1c(cc(O)c(C)c1O)C3=O. The third-order valence-corrected chi connectivity index (χ3v) is 7.00. The number of ether oxygens (including phenoxy) is 1. The highest BCUT2D eigenvalue weighted by molar-refractivity contribution is 6.32. The van der Waals surface area contributed by atoms with Gasteiger partial charge in [-0.1, -0.05) is 5.16 Å². The van der Waals surface area contributed by atoms with Gasteiger partial charge in [-0.05, 0) is 37.5 Å². The van der Waals surface area contributed by atoms with Gasteiger partial charge < -0.3 is 35.1 Å². The summed E-state index contributed by atoms with van der Waals surface area (Å²) in [7, 11) is 2.54. The highest BCUT2D eigenvalue weighted by Gasteiger charge is 2.42. The second-order valence-electron chi connectivity index (χ2n) is 8.88. The third kappa shape index (κ3) is 3.14. The molecule has 0 aromatic heterocycles. The van der Waals surface area contributed by atoms with E-state index in [-0.39, 0.29) is 63.1 Å². The molecule has 0 heterocycles. The molecule has 0 saturated carbocycles. The first-order valence-corrected chi connectivity index (χ1v) is 11.3. The summed E-state index contributed by atoms with van der Waals surface area (Å²) in [5.41, 5.74) is -1.17. The van der Waals surface area contributed by atoms with Crippen molar-refractivity contribution in [1.82, 2.24) is 0 Å². The Bertz CT molecular complexity index is 1650. The first-order chi connectivity index (χ1) is 18.0. The average molecular weight is 519 g/mol. The maximum absolute atomic E-state index is 13.6. The molecule has 5 rings (SSSR count). The van der Waals surface area contributed by atoms with Crippen LogP contribution in [0.1, 0.15) is 64.5 Å². The lowest BCUT2D eigenvalue weighted by molar-refractivity contribution is 0.0693. The van der Waals surface area contributed by atoms with Crippen molar-refractivity contribution in [3.05, 3.63) is 62.2 Å². The quantitative estimate of drug-likeness (QED) is 0.198. The molecule has 0 amide bonds. The van der Waals surface area contributed by atoms with Gasteiger partial charge in [0, 0.05) is 33.4 Å². The summed E-state index contributed by atoms with van der Waals surface area (Å²) in [6, 6.07) is 2.52. The number of carboxylic acids is 1. The van der Waals surface area contributed by atoms with Crippen LogP contribution in [-0.2, 0) is 17.7 Å². The first kappa shape index (κ1) is 24.6. The zero-order valence-electron chi connectivity index (χ0n) is 20.4. The van der Waals surface area contributed by atoms with Gasteiger partial charge >= 0.3 is 5.97 Å². The summed E-state index contributed by atoms with van der Waals surface area (Å²) in [4.78, 5) is 43.9. The normalized spacial score (nSPS) is 13.6. The second kappa shape index (κ2) is 8.51. The largest absolute Gasteiger partial charge is 0.508 e. The molecule has 0 radical (unpaired) electrons. The van der Waals surface area contributed by atoms with Crippen LogP contribution in [0, 0.1) is 6.92 Å². The van der Waals surface area contributed by atoms with Gasteiger partial charge in [0.05, 0.1) is 30.0 Å². The summed E-state index contributed by atoms with van der Waals surface area (Å²) >= 11 is 0. The van der Waals surface area contributed by atoms with Crippen molar-refractivity contribution in [2.45, 2.75) is 19.8 Å². The van der Waals surface area contributed by atoms with E-state index in [1.54, 1.807) is 0 Å². The number of hydrogen-bond acceptors (Lipinski definition) is 10. The van der Waals surface area contributed by atoms with Gasteiger partial charge in [-0.15, -0.1) is 0 Å². The zero-order chi connectivity index (χ0) is 27.6. The van der Waals surface area contributed by atoms with E-state index in [1.165, 1.54) is 27.2 Å². The fourth-order valence-corrected chi connectivity index (χ4v) is 5.27. The number of nitrogens with zero attached hydrogens (tertiary/aromatic N) is 1. The first-order valence-electron chi connectivity index (χ1n) is 11.3. The Kier molecular flexibility index (Phi) is 5.52. The molecular weight excluding hydrogens is 498 g/mol. The minimum absolute atomic E-state index is 0.00219. The fourth-order valence-electron chi connectivity index (χ4n) is 5.27. The number of aryl methyl sites for hydroxylation is 1. The summed E-state index contributed by atoms with van der Waals surface area (Å²) in [5.74, 6) is -5.51. The van der Waals surface area contributed by atoms with E-state index in [2.05, 4.69) is 9.99 Å². The Morgan fingerprint density at radius 3 is 2.24 bits per heavy atom. The number of benzene rings is 3. The van der Waals surface area contributed by atoms with Gasteiger partial charge in [0.15, 0.2) is 5.78 Å². The molecule has 2 aliphatic rings. The molecule has 11 nitrogen and oxygen atoms in total. The van der Waals surface area contributed by atoms with Gasteiger partial charge in [-0.3, -0.25) is 9.59 Å². The van der Waals surface area contributed by atoms with E-state index in [4.69, 9.17) is 4.74 Å². The standard InChI is InChI=1S/C27H21NO10/c1-9-14(29)7-13-18(21(9)30)25(34)20-19(22(13)31)24(33)17-12(26(20)37-2)5-4-10-6-11(8-28-38-3)16(27(35)36)23(32)15(10)17/h6-8,29-30,32-33H,4-5H2,1-3H3,(H,35,36)/b28-8+. The Labute approximate surface area is 214 Å². The number of carbonyl (C=O) groups excluding carboxylic acids is 2. The molecule has 38 heavy (non-hydrogen) atoms. The number of rotatable bonds is 4. The Morgan fingerprint density at radius 2 is 1.61 bits per heavy atom. The van der Waals surface area contributed by atoms with Crippen LogP contribution in [0.25, 0.3) is 11.1 Å². The summed E-state index contributed by atoms with van der Waals surface area (Å²) in [6.45, 7) is 1.38. The number of oxime groups is 1. The molecule has 0 spiro atoms. The van der Waals surface area contributed by atoms with Crippen molar-refractivity contribution in [3.63, 3.8) is 0 Å². The summed E-state index contributed by atoms with van der Waals surface area (Å²) in [6.07, 6.45) is 1.59. The van der Waals surface area contributed by atoms with Crippen molar-refractivity contribution in [3.8, 4) is 39.9 Å². The molecule has 0 fully saturated rings. The number of ketones is 2. The summed E-state index contributed by atoms with van der Waals surface area (Å²) in [5, 5.41) is 56.8. The Balaban J connectivity index is 1.88. The van der Waals surface area contributed by atoms with Crippen LogP contribution in [0.2, 0.25) is 0 Å². The van der Waals surface area contributed by atoms with Crippen molar-refractivity contribution < 1.29 is 49.5 Å². The van der Waals surface area contributed by atoms with Gasteiger partial charge in [0.2, 0.25) is 5.78 Å². The van der Waals surface area contributed by atoms with Crippen LogP contribution >= 0.6 is 0 Å². The number of methoxy groups -OCH3 is 1. The topological polar surface area (TPSA) is 183 Å². The van der Waals surface area contributed by atoms with E-state index < -0.39 is 51.7 Å². The maximum atomic E-state index is 13.6. The van der Waals surface area contributed by atoms with Crippen LogP contribution < -0.4 is 4.74 Å². The number of phenols is 4. The summed E-state index contributed by atoms with van der Waals surface area (Å²) < 4.78 is 5.55. The van der Waals surface area contributed by atoms with Crippen molar-refractivity contribution >= 4 is 23.8 Å². The van der Waals surface area contributed by atoms with Gasteiger partial charge in [-0.25, -0.2) is 4.79 Å². The van der Waals surface area contributed by atoms with Crippen LogP contribution in [0.3, 0.4) is 0 Å². The van der Waals surface area contributed by atoms with E-state index in [0.717, 1.165) is 12.3 Å². The highest BCUT2D eigenvalue weighted by atomic mass is 16.6. The molecule has 0 atom stereocenters. The molecule has 0 aliphatic heterocycles. The van der Waals surface area contributed by atoms with E-state index in [9.17, 15) is 39.9 Å². The van der Waals surface area contributed by atoms with Gasteiger partial charge in [0.1, 0.15) is 41.4 Å². The Morgan fingerprint density at radius 1 is 0.895 bits per heavy atom. The van der Waals surface area contributed by atoms with Crippen molar-refractivity contribution in [2.24, 2.45) is 5.16 Å². The number of carboxylic acid groups (broad SMARTS) is 1. The molecule has 3 aromatic rings.